The van der Waals surface area contributed by atoms with Crippen LogP contribution in [0.4, 0.5) is 11.4 Å². The standard InChI is InChI=1S/C28H24N2O4/c1-33-25-13-7-5-11-23(25)29-27(31)22(28(32)30-24-12-6-8-14-26(24)34-2)18-19-15-16-20-9-3-4-10-21(20)17-19/h3-18H,1-2H3,(H,29,31)(H,30,32). The monoisotopic (exact) mass is 452 g/mol. The van der Waals surface area contributed by atoms with E-state index in [-0.39, 0.29) is 5.57 Å². The second kappa shape index (κ2) is 10.4. The number of anilines is 2. The zero-order valence-corrected chi connectivity index (χ0v) is 18.9. The zero-order chi connectivity index (χ0) is 23.9. The number of benzene rings is 4. The molecule has 0 saturated carbocycles. The van der Waals surface area contributed by atoms with Gasteiger partial charge in [0.15, 0.2) is 0 Å². The predicted octanol–water partition coefficient (Wildman–Crippen LogP) is 5.52. The Bertz CT molecular complexity index is 1310. The number of rotatable bonds is 7. The van der Waals surface area contributed by atoms with Gasteiger partial charge >= 0.3 is 0 Å². The molecule has 4 rings (SSSR count). The van der Waals surface area contributed by atoms with E-state index in [2.05, 4.69) is 10.6 Å². The third kappa shape index (κ3) is 5.07. The Kier molecular flexibility index (Phi) is 6.89. The van der Waals surface area contributed by atoms with Gasteiger partial charge in [-0.15, -0.1) is 0 Å². The van der Waals surface area contributed by atoms with Gasteiger partial charge in [0.25, 0.3) is 11.8 Å². The molecule has 0 fully saturated rings. The maximum absolute atomic E-state index is 13.3. The van der Waals surface area contributed by atoms with E-state index >= 15 is 0 Å². The van der Waals surface area contributed by atoms with E-state index in [1.54, 1.807) is 54.6 Å². The van der Waals surface area contributed by atoms with E-state index in [4.69, 9.17) is 9.47 Å². The van der Waals surface area contributed by atoms with E-state index in [1.807, 2.05) is 42.5 Å². The molecule has 0 aliphatic carbocycles. The molecule has 0 radical (unpaired) electrons. The van der Waals surface area contributed by atoms with Crippen LogP contribution in [-0.4, -0.2) is 26.0 Å². The fraction of sp³-hybridized carbons (Fsp3) is 0.0714. The summed E-state index contributed by atoms with van der Waals surface area (Å²) >= 11 is 0. The summed E-state index contributed by atoms with van der Waals surface area (Å²) in [6.45, 7) is 0. The van der Waals surface area contributed by atoms with Gasteiger partial charge in [0, 0.05) is 0 Å². The van der Waals surface area contributed by atoms with Crippen LogP contribution in [0.1, 0.15) is 5.56 Å². The maximum Gasteiger partial charge on any atom is 0.261 e. The Morgan fingerprint density at radius 1 is 0.647 bits per heavy atom. The number of carbonyl (C=O) groups excluding carboxylic acids is 2. The van der Waals surface area contributed by atoms with Crippen LogP contribution in [0, 0.1) is 0 Å². The van der Waals surface area contributed by atoms with Crippen molar-refractivity contribution in [3.63, 3.8) is 0 Å². The van der Waals surface area contributed by atoms with Crippen LogP contribution in [-0.2, 0) is 9.59 Å². The first-order valence-electron chi connectivity index (χ1n) is 10.7. The fourth-order valence-electron chi connectivity index (χ4n) is 3.57. The van der Waals surface area contributed by atoms with Gasteiger partial charge in [-0.2, -0.15) is 0 Å². The molecule has 0 spiro atoms. The first-order chi connectivity index (χ1) is 16.6. The van der Waals surface area contributed by atoms with Gasteiger partial charge in [-0.05, 0) is 52.7 Å². The molecule has 0 aliphatic rings. The van der Waals surface area contributed by atoms with Crippen molar-refractivity contribution in [1.29, 1.82) is 0 Å². The Balaban J connectivity index is 1.72. The molecule has 0 aliphatic heterocycles. The molecular formula is C28H24N2O4. The number of nitrogens with one attached hydrogen (secondary N) is 2. The molecule has 6 nitrogen and oxygen atoms in total. The van der Waals surface area contributed by atoms with Crippen molar-refractivity contribution >= 4 is 40.0 Å². The lowest BCUT2D eigenvalue weighted by Crippen LogP contribution is -2.25. The summed E-state index contributed by atoms with van der Waals surface area (Å²) < 4.78 is 10.7. The minimum Gasteiger partial charge on any atom is -0.495 e. The van der Waals surface area contributed by atoms with Crippen LogP contribution >= 0.6 is 0 Å². The molecule has 2 N–H and O–H groups in total. The molecule has 4 aromatic rings. The SMILES string of the molecule is COc1ccccc1NC(=O)C(=Cc1ccc2ccccc2c1)C(=O)Nc1ccccc1OC. The predicted molar refractivity (Wildman–Crippen MR) is 135 cm³/mol. The largest absolute Gasteiger partial charge is 0.495 e. The highest BCUT2D eigenvalue weighted by atomic mass is 16.5. The van der Waals surface area contributed by atoms with Crippen molar-refractivity contribution in [1.82, 2.24) is 0 Å². The highest BCUT2D eigenvalue weighted by Gasteiger charge is 2.21. The molecule has 4 aromatic carbocycles. The maximum atomic E-state index is 13.3. The van der Waals surface area contributed by atoms with Crippen LogP contribution in [0.2, 0.25) is 0 Å². The molecule has 0 bridgehead atoms. The second-order valence-electron chi connectivity index (χ2n) is 7.47. The van der Waals surface area contributed by atoms with E-state index < -0.39 is 11.8 Å². The van der Waals surface area contributed by atoms with Crippen molar-refractivity contribution in [3.8, 4) is 11.5 Å². The minimum atomic E-state index is -0.565. The molecule has 0 aromatic heterocycles. The fourth-order valence-corrected chi connectivity index (χ4v) is 3.57. The molecule has 0 heterocycles. The number of hydrogen-bond acceptors (Lipinski definition) is 4. The Hall–Kier alpha value is -4.58. The number of amides is 2. The second-order valence-corrected chi connectivity index (χ2v) is 7.47. The van der Waals surface area contributed by atoms with E-state index in [1.165, 1.54) is 14.2 Å². The van der Waals surface area contributed by atoms with Gasteiger partial charge < -0.3 is 20.1 Å². The number of methoxy groups -OCH3 is 2. The van der Waals surface area contributed by atoms with Gasteiger partial charge in [-0.25, -0.2) is 0 Å². The quantitative estimate of drug-likeness (QED) is 0.220. The smallest absolute Gasteiger partial charge is 0.261 e. The minimum absolute atomic E-state index is 0.0629. The van der Waals surface area contributed by atoms with E-state index in [0.717, 1.165) is 16.3 Å². The van der Waals surface area contributed by atoms with Crippen LogP contribution in [0.3, 0.4) is 0 Å². The van der Waals surface area contributed by atoms with Gasteiger partial charge in [0.2, 0.25) is 0 Å². The number of para-hydroxylation sites is 4. The first-order valence-corrected chi connectivity index (χ1v) is 10.7. The van der Waals surface area contributed by atoms with Gasteiger partial charge in [0.1, 0.15) is 17.1 Å². The molecule has 34 heavy (non-hydrogen) atoms. The zero-order valence-electron chi connectivity index (χ0n) is 18.9. The highest BCUT2D eigenvalue weighted by Crippen LogP contribution is 2.26. The summed E-state index contributed by atoms with van der Waals surface area (Å²) in [6, 6.07) is 27.7. The number of hydrogen-bond donors (Lipinski definition) is 2. The summed E-state index contributed by atoms with van der Waals surface area (Å²) in [7, 11) is 3.04. The van der Waals surface area contributed by atoms with E-state index in [9.17, 15) is 9.59 Å². The highest BCUT2D eigenvalue weighted by molar-refractivity contribution is 6.29. The third-order valence-electron chi connectivity index (χ3n) is 5.28. The normalized spacial score (nSPS) is 10.3. The van der Waals surface area contributed by atoms with Crippen molar-refractivity contribution in [2.45, 2.75) is 0 Å². The lowest BCUT2D eigenvalue weighted by atomic mass is 10.0. The number of fused-ring (bicyclic) bond motifs is 1. The summed E-state index contributed by atoms with van der Waals surface area (Å²) in [5.74, 6) is -0.146. The summed E-state index contributed by atoms with van der Waals surface area (Å²) in [4.78, 5) is 26.6. The van der Waals surface area contributed by atoms with Gasteiger partial charge in [-0.3, -0.25) is 9.59 Å². The molecule has 6 heteroatoms. The van der Waals surface area contributed by atoms with E-state index in [0.29, 0.717) is 22.9 Å². The van der Waals surface area contributed by atoms with Crippen molar-refractivity contribution in [2.75, 3.05) is 24.9 Å². The molecule has 0 saturated heterocycles. The number of carbonyl (C=O) groups is 2. The molecular weight excluding hydrogens is 428 g/mol. The average Bonchev–Trinajstić information content (AvgIpc) is 2.87. The Morgan fingerprint density at radius 2 is 1.15 bits per heavy atom. The lowest BCUT2D eigenvalue weighted by molar-refractivity contribution is -0.118. The van der Waals surface area contributed by atoms with Crippen molar-refractivity contribution in [3.05, 3.63) is 102 Å². The van der Waals surface area contributed by atoms with Crippen molar-refractivity contribution in [2.24, 2.45) is 0 Å². The first kappa shape index (κ1) is 22.6. The van der Waals surface area contributed by atoms with Gasteiger partial charge in [0.05, 0.1) is 25.6 Å². The van der Waals surface area contributed by atoms with Crippen molar-refractivity contribution < 1.29 is 19.1 Å². The molecule has 170 valence electrons. The summed E-state index contributed by atoms with van der Waals surface area (Å²) in [5.41, 5.74) is 1.58. The lowest BCUT2D eigenvalue weighted by Gasteiger charge is -2.14. The number of ether oxygens (including phenoxy) is 2. The molecule has 0 atom stereocenters. The average molecular weight is 453 g/mol. The topological polar surface area (TPSA) is 76.7 Å². The summed E-state index contributed by atoms with van der Waals surface area (Å²) in [6.07, 6.45) is 1.57. The van der Waals surface area contributed by atoms with Gasteiger partial charge in [-0.1, -0.05) is 60.7 Å². The van der Waals surface area contributed by atoms with Crippen LogP contribution in [0.15, 0.2) is 96.6 Å². The van der Waals surface area contributed by atoms with Crippen LogP contribution in [0.5, 0.6) is 11.5 Å². The Morgan fingerprint density at radius 3 is 1.71 bits per heavy atom. The third-order valence-corrected chi connectivity index (χ3v) is 5.28. The van der Waals surface area contributed by atoms with Crippen LogP contribution < -0.4 is 20.1 Å². The molecule has 2 amide bonds. The molecule has 0 unspecified atom stereocenters. The van der Waals surface area contributed by atoms with Crippen LogP contribution in [0.25, 0.3) is 16.8 Å². The Labute approximate surface area is 197 Å². The summed E-state index contributed by atoms with van der Waals surface area (Å²) in [5, 5.41) is 7.65.